The molecule has 1 aromatic heterocycles. The number of pyridine rings is 1. The summed E-state index contributed by atoms with van der Waals surface area (Å²) in [6, 6.07) is 13.7. The predicted molar refractivity (Wildman–Crippen MR) is 75.8 cm³/mol. The van der Waals surface area contributed by atoms with Gasteiger partial charge < -0.3 is 0 Å². The lowest BCUT2D eigenvalue weighted by Gasteiger charge is -2.10. The number of rotatable bonds is 4. The van der Waals surface area contributed by atoms with Crippen LogP contribution in [-0.2, 0) is 10.8 Å². The van der Waals surface area contributed by atoms with Crippen molar-refractivity contribution < 1.29 is 4.21 Å². The summed E-state index contributed by atoms with van der Waals surface area (Å²) in [5.41, 5.74) is 2.75. The van der Waals surface area contributed by atoms with Crippen molar-refractivity contribution in [3.05, 3.63) is 66.4 Å². The van der Waals surface area contributed by atoms with Crippen LogP contribution in [0.15, 0.2) is 60.3 Å². The lowest BCUT2D eigenvalue weighted by molar-refractivity contribution is 0.681. The molecule has 0 N–H and O–H groups in total. The van der Waals surface area contributed by atoms with Gasteiger partial charge in [0.15, 0.2) is 0 Å². The Morgan fingerprint density at radius 3 is 2.61 bits per heavy atom. The Balaban J connectivity index is 2.46. The molecular weight excluding hydrogens is 242 g/mol. The Kier molecular flexibility index (Phi) is 4.05. The molecule has 3 heteroatoms. The third-order valence-corrected chi connectivity index (χ3v) is 3.98. The number of nitrogens with zero attached hydrogens (tertiary/aromatic N) is 1. The molecule has 2 nitrogen and oxygen atoms in total. The summed E-state index contributed by atoms with van der Waals surface area (Å²) in [7, 11) is -1.07. The molecule has 0 saturated carbocycles. The first kappa shape index (κ1) is 12.7. The Morgan fingerprint density at radius 1 is 1.22 bits per heavy atom. The van der Waals surface area contributed by atoms with E-state index in [-0.39, 0.29) is 0 Å². The van der Waals surface area contributed by atoms with Crippen molar-refractivity contribution in [2.24, 2.45) is 0 Å². The van der Waals surface area contributed by atoms with Gasteiger partial charge >= 0.3 is 0 Å². The van der Waals surface area contributed by atoms with E-state index in [1.165, 1.54) is 0 Å². The monoisotopic (exact) mass is 257 g/mol. The van der Waals surface area contributed by atoms with E-state index < -0.39 is 10.8 Å². The minimum atomic E-state index is -1.07. The first-order valence-corrected chi connectivity index (χ1v) is 7.14. The molecule has 18 heavy (non-hydrogen) atoms. The summed E-state index contributed by atoms with van der Waals surface area (Å²) in [5, 5.41) is 0.619. The summed E-state index contributed by atoms with van der Waals surface area (Å²) in [6.07, 6.45) is 1.67. The first-order valence-electron chi connectivity index (χ1n) is 5.82. The topological polar surface area (TPSA) is 30.0 Å². The molecule has 0 aliphatic rings. The molecule has 1 heterocycles. The zero-order chi connectivity index (χ0) is 13.0. The molecule has 1 unspecified atom stereocenters. The van der Waals surface area contributed by atoms with E-state index in [1.54, 1.807) is 6.20 Å². The van der Waals surface area contributed by atoms with Crippen molar-refractivity contribution in [3.63, 3.8) is 0 Å². The second-order valence-electron chi connectivity index (χ2n) is 3.83. The molecule has 0 amide bonds. The van der Waals surface area contributed by atoms with Crippen LogP contribution < -0.4 is 0 Å². The largest absolute Gasteiger partial charge is 0.253 e. The van der Waals surface area contributed by atoms with Gasteiger partial charge in [-0.2, -0.15) is 0 Å². The summed E-state index contributed by atoms with van der Waals surface area (Å²) >= 11 is 0. The lowest BCUT2D eigenvalue weighted by Crippen LogP contribution is -2.02. The highest BCUT2D eigenvalue weighted by Crippen LogP contribution is 2.25. The Hall–Kier alpha value is -1.74. The number of hydrogen-bond acceptors (Lipinski definition) is 2. The van der Waals surface area contributed by atoms with Gasteiger partial charge in [-0.3, -0.25) is 4.21 Å². The molecule has 92 valence electrons. The highest BCUT2D eigenvalue weighted by atomic mass is 32.2. The highest BCUT2D eigenvalue weighted by Gasteiger charge is 2.12. The maximum Gasteiger partial charge on any atom is 0.135 e. The number of benzene rings is 1. The normalized spacial score (nSPS) is 12.1. The third-order valence-electron chi connectivity index (χ3n) is 2.70. The Bertz CT molecular complexity index is 578. The van der Waals surface area contributed by atoms with E-state index in [4.69, 9.17) is 0 Å². The zero-order valence-corrected chi connectivity index (χ0v) is 11.1. The molecule has 0 fully saturated rings. The molecule has 2 rings (SSSR count). The van der Waals surface area contributed by atoms with Crippen molar-refractivity contribution >= 4 is 16.4 Å². The quantitative estimate of drug-likeness (QED) is 0.841. The van der Waals surface area contributed by atoms with E-state index >= 15 is 0 Å². The molecule has 0 aliphatic carbocycles. The molecule has 0 bridgehead atoms. The smallest absolute Gasteiger partial charge is 0.135 e. The minimum absolute atomic E-state index is 0.562. The third kappa shape index (κ3) is 2.57. The van der Waals surface area contributed by atoms with Crippen molar-refractivity contribution in [1.82, 2.24) is 4.98 Å². The van der Waals surface area contributed by atoms with Gasteiger partial charge in [0.1, 0.15) is 5.03 Å². The average Bonchev–Trinajstić information content (AvgIpc) is 2.46. The second-order valence-corrected chi connectivity index (χ2v) is 5.49. The second kappa shape index (κ2) is 5.74. The van der Waals surface area contributed by atoms with Crippen LogP contribution in [0.1, 0.15) is 18.1 Å². The van der Waals surface area contributed by atoms with Gasteiger partial charge in [-0.25, -0.2) is 4.98 Å². The van der Waals surface area contributed by atoms with E-state index in [9.17, 15) is 4.21 Å². The van der Waals surface area contributed by atoms with Gasteiger partial charge in [-0.1, -0.05) is 49.9 Å². The van der Waals surface area contributed by atoms with Crippen LogP contribution in [0.2, 0.25) is 0 Å². The van der Waals surface area contributed by atoms with Crippen LogP contribution in [0.5, 0.6) is 0 Å². The first-order chi connectivity index (χ1) is 8.74. The maximum absolute atomic E-state index is 12.0. The van der Waals surface area contributed by atoms with Gasteiger partial charge in [0.05, 0.1) is 10.8 Å². The van der Waals surface area contributed by atoms with E-state index in [1.807, 2.05) is 49.4 Å². The minimum Gasteiger partial charge on any atom is -0.253 e. The van der Waals surface area contributed by atoms with Crippen LogP contribution in [0.4, 0.5) is 0 Å². The van der Waals surface area contributed by atoms with Gasteiger partial charge in [0, 0.05) is 17.5 Å². The van der Waals surface area contributed by atoms with Crippen molar-refractivity contribution in [1.29, 1.82) is 0 Å². The fraction of sp³-hybridized carbons (Fsp3) is 0.133. The summed E-state index contributed by atoms with van der Waals surface area (Å²) in [6.45, 7) is 5.99. The van der Waals surface area contributed by atoms with Gasteiger partial charge in [-0.15, -0.1) is 0 Å². The fourth-order valence-electron chi connectivity index (χ4n) is 1.73. The Labute approximate surface area is 110 Å². The van der Waals surface area contributed by atoms with Crippen molar-refractivity contribution in [2.45, 2.75) is 11.9 Å². The predicted octanol–water partition coefficient (Wildman–Crippen LogP) is 3.27. The molecule has 1 atom stereocenters. The van der Waals surface area contributed by atoms with Crippen molar-refractivity contribution in [3.8, 4) is 0 Å². The van der Waals surface area contributed by atoms with Gasteiger partial charge in [-0.05, 0) is 17.2 Å². The maximum atomic E-state index is 12.0. The van der Waals surface area contributed by atoms with Gasteiger partial charge in [0.25, 0.3) is 0 Å². The van der Waals surface area contributed by atoms with Crippen LogP contribution >= 0.6 is 0 Å². The number of aromatic nitrogens is 1. The molecule has 2 aromatic rings. The van der Waals surface area contributed by atoms with E-state index in [0.717, 1.165) is 16.7 Å². The molecular formula is C15H15NOS. The Morgan fingerprint density at radius 2 is 1.94 bits per heavy atom. The summed E-state index contributed by atoms with van der Waals surface area (Å²) in [5.74, 6) is 0.562. The van der Waals surface area contributed by atoms with Crippen LogP contribution in [-0.4, -0.2) is 14.9 Å². The standard InChI is InChI=1S/C15H15NOS/c1-3-18(17)15-14(10-7-11-16-15)12(2)13-8-5-4-6-9-13/h4-11H,2-3H2,1H3. The lowest BCUT2D eigenvalue weighted by atomic mass is 10.0. The summed E-state index contributed by atoms with van der Waals surface area (Å²) in [4.78, 5) is 4.24. The zero-order valence-electron chi connectivity index (χ0n) is 10.3. The van der Waals surface area contributed by atoms with E-state index in [0.29, 0.717) is 10.8 Å². The van der Waals surface area contributed by atoms with Crippen LogP contribution in [0.25, 0.3) is 5.57 Å². The van der Waals surface area contributed by atoms with E-state index in [2.05, 4.69) is 11.6 Å². The molecule has 1 aromatic carbocycles. The average molecular weight is 257 g/mol. The highest BCUT2D eigenvalue weighted by molar-refractivity contribution is 7.85. The molecule has 0 aliphatic heterocycles. The molecule has 0 radical (unpaired) electrons. The summed E-state index contributed by atoms with van der Waals surface area (Å²) < 4.78 is 12.0. The SMILES string of the molecule is C=C(c1ccccc1)c1cccnc1S(=O)CC. The van der Waals surface area contributed by atoms with Gasteiger partial charge in [0.2, 0.25) is 0 Å². The fourth-order valence-corrected chi connectivity index (χ4v) is 2.62. The number of hydrogen-bond donors (Lipinski definition) is 0. The van der Waals surface area contributed by atoms with Crippen LogP contribution in [0.3, 0.4) is 0 Å². The van der Waals surface area contributed by atoms with Crippen molar-refractivity contribution in [2.75, 3.05) is 5.75 Å². The molecule has 0 saturated heterocycles. The van der Waals surface area contributed by atoms with Crippen LogP contribution in [0, 0.1) is 0 Å². The molecule has 0 spiro atoms.